The minimum Gasteiger partial charge on any atom is -0.464 e. The number of carbonyl (C=O) groups is 1. The van der Waals surface area contributed by atoms with E-state index >= 15 is 0 Å². The first-order valence-corrected chi connectivity index (χ1v) is 5.80. The van der Waals surface area contributed by atoms with Crippen LogP contribution in [0.25, 0.3) is 0 Å². The number of halogens is 3. The van der Waals surface area contributed by atoms with Crippen LogP contribution in [0.15, 0.2) is 18.2 Å². The second-order valence-corrected chi connectivity index (χ2v) is 4.06. The van der Waals surface area contributed by atoms with Crippen LogP contribution >= 0.6 is 0 Å². The summed E-state index contributed by atoms with van der Waals surface area (Å²) >= 11 is 0. The summed E-state index contributed by atoms with van der Waals surface area (Å²) in [6, 6.07) is 4.43. The first-order valence-electron chi connectivity index (χ1n) is 5.80. The molecule has 0 saturated heterocycles. The van der Waals surface area contributed by atoms with E-state index < -0.39 is 25.3 Å². The van der Waals surface area contributed by atoms with Gasteiger partial charge in [-0.2, -0.15) is 13.2 Å². The van der Waals surface area contributed by atoms with Crippen LogP contribution < -0.4 is 0 Å². The van der Waals surface area contributed by atoms with E-state index in [2.05, 4.69) is 9.72 Å². The van der Waals surface area contributed by atoms with E-state index in [1.54, 1.807) is 0 Å². The summed E-state index contributed by atoms with van der Waals surface area (Å²) in [7, 11) is 1.19. The van der Waals surface area contributed by atoms with Gasteiger partial charge in [0.25, 0.3) is 0 Å². The second-order valence-electron chi connectivity index (χ2n) is 4.06. The molecule has 0 aliphatic rings. The van der Waals surface area contributed by atoms with Crippen molar-refractivity contribution in [1.82, 2.24) is 9.88 Å². The molecule has 0 fully saturated rings. The highest BCUT2D eigenvalue weighted by Crippen LogP contribution is 2.17. The maximum absolute atomic E-state index is 12.4. The van der Waals surface area contributed by atoms with Crippen molar-refractivity contribution in [3.63, 3.8) is 0 Å². The fourth-order valence-electron chi connectivity index (χ4n) is 1.62. The Labute approximate surface area is 114 Å². The normalized spacial score (nSPS) is 11.7. The van der Waals surface area contributed by atoms with Gasteiger partial charge in [0.1, 0.15) is 5.69 Å². The van der Waals surface area contributed by atoms with Crippen molar-refractivity contribution in [3.05, 3.63) is 29.6 Å². The first kappa shape index (κ1) is 16.4. The van der Waals surface area contributed by atoms with Crippen molar-refractivity contribution in [1.29, 1.82) is 0 Å². The van der Waals surface area contributed by atoms with Gasteiger partial charge in [-0.15, -0.1) is 0 Å². The zero-order valence-electron chi connectivity index (χ0n) is 10.9. The molecule has 20 heavy (non-hydrogen) atoms. The number of hydrogen-bond acceptors (Lipinski definition) is 5. The van der Waals surface area contributed by atoms with Crippen molar-refractivity contribution < 1.29 is 27.8 Å². The van der Waals surface area contributed by atoms with Crippen molar-refractivity contribution in [2.75, 3.05) is 26.8 Å². The maximum Gasteiger partial charge on any atom is 0.401 e. The lowest BCUT2D eigenvalue weighted by Gasteiger charge is -2.22. The Hall–Kier alpha value is -1.67. The number of alkyl halides is 3. The minimum absolute atomic E-state index is 0.0287. The van der Waals surface area contributed by atoms with Gasteiger partial charge in [-0.3, -0.25) is 4.90 Å². The fourth-order valence-corrected chi connectivity index (χ4v) is 1.62. The van der Waals surface area contributed by atoms with Crippen LogP contribution in [0.1, 0.15) is 16.2 Å². The smallest absolute Gasteiger partial charge is 0.401 e. The molecule has 0 saturated carbocycles. The van der Waals surface area contributed by atoms with E-state index in [0.29, 0.717) is 5.69 Å². The second kappa shape index (κ2) is 7.20. The summed E-state index contributed by atoms with van der Waals surface area (Å²) in [5, 5.41) is 8.79. The number of methoxy groups -OCH3 is 1. The molecule has 0 amide bonds. The first-order chi connectivity index (χ1) is 9.35. The summed E-state index contributed by atoms with van der Waals surface area (Å²) in [5.41, 5.74) is 0.326. The molecule has 5 nitrogen and oxygen atoms in total. The third kappa shape index (κ3) is 5.54. The van der Waals surface area contributed by atoms with Gasteiger partial charge < -0.3 is 9.84 Å². The highest BCUT2D eigenvalue weighted by atomic mass is 19.4. The molecule has 0 spiro atoms. The molecule has 1 rings (SSSR count). The molecule has 8 heteroatoms. The number of aromatic nitrogens is 1. The Morgan fingerprint density at radius 3 is 2.70 bits per heavy atom. The van der Waals surface area contributed by atoms with E-state index in [4.69, 9.17) is 5.11 Å². The Balaban J connectivity index is 2.80. The molecule has 1 N–H and O–H groups in total. The monoisotopic (exact) mass is 292 g/mol. The maximum atomic E-state index is 12.4. The van der Waals surface area contributed by atoms with Crippen molar-refractivity contribution in [2.45, 2.75) is 12.7 Å². The third-order valence-electron chi connectivity index (χ3n) is 2.41. The summed E-state index contributed by atoms with van der Waals surface area (Å²) in [4.78, 5) is 16.2. The SMILES string of the molecule is COC(=O)c1cccc(CN(CCO)CC(F)(F)F)n1. The van der Waals surface area contributed by atoms with Crippen molar-refractivity contribution in [2.24, 2.45) is 0 Å². The van der Waals surface area contributed by atoms with Gasteiger partial charge in [-0.25, -0.2) is 9.78 Å². The number of nitrogens with zero attached hydrogens (tertiary/aromatic N) is 2. The number of aliphatic hydroxyl groups excluding tert-OH is 1. The highest BCUT2D eigenvalue weighted by Gasteiger charge is 2.30. The van der Waals surface area contributed by atoms with Gasteiger partial charge in [-0.05, 0) is 12.1 Å². The largest absolute Gasteiger partial charge is 0.464 e. The molecule has 112 valence electrons. The predicted molar refractivity (Wildman–Crippen MR) is 64.0 cm³/mol. The topological polar surface area (TPSA) is 62.7 Å². The van der Waals surface area contributed by atoms with Crippen LogP contribution in [-0.4, -0.2) is 53.9 Å². The van der Waals surface area contributed by atoms with E-state index in [9.17, 15) is 18.0 Å². The summed E-state index contributed by atoms with van der Waals surface area (Å²) in [6.07, 6.45) is -4.37. The van der Waals surface area contributed by atoms with Crippen molar-refractivity contribution >= 4 is 5.97 Å². The zero-order valence-corrected chi connectivity index (χ0v) is 10.9. The van der Waals surface area contributed by atoms with Gasteiger partial charge in [-0.1, -0.05) is 6.07 Å². The van der Waals surface area contributed by atoms with Crippen LogP contribution in [0.3, 0.4) is 0 Å². The molecule has 1 heterocycles. The van der Waals surface area contributed by atoms with Crippen molar-refractivity contribution in [3.8, 4) is 0 Å². The molecule has 0 atom stereocenters. The van der Waals surface area contributed by atoms with Crippen LogP contribution in [0.5, 0.6) is 0 Å². The highest BCUT2D eigenvalue weighted by molar-refractivity contribution is 5.87. The Kier molecular flexibility index (Phi) is 5.90. The number of aliphatic hydroxyl groups is 1. The standard InChI is InChI=1S/C12H15F3N2O3/c1-20-11(19)10-4-2-3-9(16-10)7-17(5-6-18)8-12(13,14)15/h2-4,18H,5-8H2,1H3. The predicted octanol–water partition coefficient (Wildman–Crippen LogP) is 1.22. The third-order valence-corrected chi connectivity index (χ3v) is 2.41. The zero-order chi connectivity index (χ0) is 15.2. The molecule has 0 radical (unpaired) electrons. The van der Waals surface area contributed by atoms with Crippen LogP contribution in [0.2, 0.25) is 0 Å². The van der Waals surface area contributed by atoms with Crippen LogP contribution in [-0.2, 0) is 11.3 Å². The molecule has 1 aromatic rings. The molecule has 0 bridgehead atoms. The number of pyridine rings is 1. The number of ether oxygens (including phenoxy) is 1. The average Bonchev–Trinajstić information content (AvgIpc) is 2.36. The van der Waals surface area contributed by atoms with Crippen LogP contribution in [0, 0.1) is 0 Å². The molecule has 0 aliphatic heterocycles. The Bertz CT molecular complexity index is 452. The number of rotatable bonds is 6. The van der Waals surface area contributed by atoms with E-state index in [0.717, 1.165) is 4.90 Å². The Morgan fingerprint density at radius 2 is 2.15 bits per heavy atom. The lowest BCUT2D eigenvalue weighted by molar-refractivity contribution is -0.148. The summed E-state index contributed by atoms with van der Waals surface area (Å²) in [5.74, 6) is -0.656. The summed E-state index contributed by atoms with van der Waals surface area (Å²) < 4.78 is 41.6. The van der Waals surface area contributed by atoms with Gasteiger partial charge in [0.2, 0.25) is 0 Å². The number of hydrogen-bond donors (Lipinski definition) is 1. The lowest BCUT2D eigenvalue weighted by atomic mass is 10.2. The van der Waals surface area contributed by atoms with Gasteiger partial charge in [0.15, 0.2) is 0 Å². The number of carbonyl (C=O) groups excluding carboxylic acids is 1. The molecular formula is C12H15F3N2O3. The molecule has 0 aliphatic carbocycles. The molecule has 0 aromatic carbocycles. The van der Waals surface area contributed by atoms with E-state index in [1.807, 2.05) is 0 Å². The minimum atomic E-state index is -4.37. The average molecular weight is 292 g/mol. The molecule has 0 unspecified atom stereocenters. The van der Waals surface area contributed by atoms with Crippen LogP contribution in [0.4, 0.5) is 13.2 Å². The number of esters is 1. The molecule has 1 aromatic heterocycles. The quantitative estimate of drug-likeness (QED) is 0.799. The summed E-state index contributed by atoms with van der Waals surface area (Å²) in [6.45, 7) is -1.81. The lowest BCUT2D eigenvalue weighted by Crippen LogP contribution is -2.36. The van der Waals surface area contributed by atoms with E-state index in [-0.39, 0.29) is 18.8 Å². The van der Waals surface area contributed by atoms with Gasteiger partial charge in [0, 0.05) is 13.1 Å². The van der Waals surface area contributed by atoms with Gasteiger partial charge >= 0.3 is 12.1 Å². The fraction of sp³-hybridized carbons (Fsp3) is 0.500. The van der Waals surface area contributed by atoms with Gasteiger partial charge in [0.05, 0.1) is 26.0 Å². The van der Waals surface area contributed by atoms with E-state index in [1.165, 1.54) is 25.3 Å². The molecular weight excluding hydrogens is 277 g/mol. The Morgan fingerprint density at radius 1 is 1.45 bits per heavy atom.